The molecule has 1 aliphatic rings. The molecule has 2 aromatic heterocycles. The van der Waals surface area contributed by atoms with Crippen LogP contribution in [0.5, 0.6) is 0 Å². The first-order valence-corrected chi connectivity index (χ1v) is 9.35. The first kappa shape index (κ1) is 16.7. The minimum absolute atomic E-state index is 0.555. The van der Waals surface area contributed by atoms with Crippen LogP contribution >= 0.6 is 23.2 Å². The van der Waals surface area contributed by atoms with Gasteiger partial charge in [-0.1, -0.05) is 36.2 Å². The van der Waals surface area contributed by atoms with Gasteiger partial charge in [0, 0.05) is 37.9 Å². The SMILES string of the molecule is CCc1c(-c2ccc(Cl)c(Cl)c2)nc2ccc(N3CCNCC3)cn12. The molecule has 0 atom stereocenters. The molecule has 1 saturated heterocycles. The van der Waals surface area contributed by atoms with Gasteiger partial charge in [-0.25, -0.2) is 4.98 Å². The second kappa shape index (κ2) is 6.87. The van der Waals surface area contributed by atoms with Gasteiger partial charge in [0.15, 0.2) is 0 Å². The second-order valence-electron chi connectivity index (χ2n) is 6.24. The van der Waals surface area contributed by atoms with Crippen molar-refractivity contribution in [3.05, 3.63) is 52.3 Å². The Hall–Kier alpha value is -1.75. The van der Waals surface area contributed by atoms with Crippen LogP contribution in [-0.4, -0.2) is 35.6 Å². The first-order valence-electron chi connectivity index (χ1n) is 8.59. The minimum atomic E-state index is 0.555. The molecule has 130 valence electrons. The smallest absolute Gasteiger partial charge is 0.137 e. The molecule has 25 heavy (non-hydrogen) atoms. The maximum Gasteiger partial charge on any atom is 0.137 e. The molecule has 1 aliphatic heterocycles. The highest BCUT2D eigenvalue weighted by molar-refractivity contribution is 6.42. The van der Waals surface area contributed by atoms with Crippen LogP contribution in [0.4, 0.5) is 5.69 Å². The van der Waals surface area contributed by atoms with Crippen molar-refractivity contribution in [3.63, 3.8) is 0 Å². The first-order chi connectivity index (χ1) is 12.2. The molecular weight excluding hydrogens is 355 g/mol. The van der Waals surface area contributed by atoms with E-state index in [2.05, 4.69) is 39.9 Å². The Morgan fingerprint density at radius 3 is 2.60 bits per heavy atom. The molecule has 3 heterocycles. The number of aryl methyl sites for hydroxylation is 1. The Kier molecular flexibility index (Phi) is 4.59. The van der Waals surface area contributed by atoms with Crippen LogP contribution in [0.25, 0.3) is 16.9 Å². The van der Waals surface area contributed by atoms with E-state index in [1.54, 1.807) is 0 Å². The van der Waals surface area contributed by atoms with Crippen LogP contribution in [0.3, 0.4) is 0 Å². The van der Waals surface area contributed by atoms with Gasteiger partial charge in [-0.15, -0.1) is 0 Å². The van der Waals surface area contributed by atoms with Crippen LogP contribution in [0.15, 0.2) is 36.5 Å². The Labute approximate surface area is 157 Å². The number of nitrogens with one attached hydrogen (secondary N) is 1. The molecule has 0 radical (unpaired) electrons. The molecule has 1 aromatic carbocycles. The molecule has 6 heteroatoms. The fourth-order valence-corrected chi connectivity index (χ4v) is 3.70. The summed E-state index contributed by atoms with van der Waals surface area (Å²) in [4.78, 5) is 7.25. The maximum atomic E-state index is 6.21. The summed E-state index contributed by atoms with van der Waals surface area (Å²) in [5.41, 5.74) is 5.35. The fourth-order valence-electron chi connectivity index (χ4n) is 3.40. The van der Waals surface area contributed by atoms with E-state index < -0.39 is 0 Å². The van der Waals surface area contributed by atoms with Crippen molar-refractivity contribution < 1.29 is 0 Å². The molecule has 0 spiro atoms. The summed E-state index contributed by atoms with van der Waals surface area (Å²) >= 11 is 12.3. The summed E-state index contributed by atoms with van der Waals surface area (Å²) in [6.45, 7) is 6.26. The lowest BCUT2D eigenvalue weighted by atomic mass is 10.1. The van der Waals surface area contributed by atoms with Gasteiger partial charge in [0.05, 0.1) is 27.1 Å². The Morgan fingerprint density at radius 2 is 1.88 bits per heavy atom. The quantitative estimate of drug-likeness (QED) is 0.742. The van der Waals surface area contributed by atoms with Gasteiger partial charge in [-0.05, 0) is 30.7 Å². The van der Waals surface area contributed by atoms with Crippen LogP contribution in [-0.2, 0) is 6.42 Å². The van der Waals surface area contributed by atoms with Crippen molar-refractivity contribution in [2.45, 2.75) is 13.3 Å². The largest absolute Gasteiger partial charge is 0.368 e. The van der Waals surface area contributed by atoms with E-state index in [9.17, 15) is 0 Å². The summed E-state index contributed by atoms with van der Waals surface area (Å²) < 4.78 is 2.20. The highest BCUT2D eigenvalue weighted by atomic mass is 35.5. The van der Waals surface area contributed by atoms with Gasteiger partial charge >= 0.3 is 0 Å². The lowest BCUT2D eigenvalue weighted by Gasteiger charge is -2.29. The lowest BCUT2D eigenvalue weighted by molar-refractivity contribution is 0.588. The number of halogens is 2. The van der Waals surface area contributed by atoms with E-state index in [0.29, 0.717) is 10.0 Å². The fraction of sp³-hybridized carbons (Fsp3) is 0.316. The van der Waals surface area contributed by atoms with Crippen LogP contribution in [0, 0.1) is 0 Å². The molecule has 0 saturated carbocycles. The van der Waals surface area contributed by atoms with Crippen LogP contribution in [0.2, 0.25) is 10.0 Å². The predicted octanol–water partition coefficient (Wildman–Crippen LogP) is 4.28. The zero-order valence-corrected chi connectivity index (χ0v) is 15.6. The third-order valence-electron chi connectivity index (χ3n) is 4.71. The standard InChI is InChI=1S/C19H20Cl2N4/c1-2-17-19(13-3-5-15(20)16(21)11-13)23-18-6-4-14(12-25(17)18)24-9-7-22-8-10-24/h3-6,11-12,22H,2,7-10H2,1H3. The van der Waals surface area contributed by atoms with Gasteiger partial charge in [0.2, 0.25) is 0 Å². The number of benzene rings is 1. The lowest BCUT2D eigenvalue weighted by Crippen LogP contribution is -2.43. The summed E-state index contributed by atoms with van der Waals surface area (Å²) in [5.74, 6) is 0. The molecule has 0 unspecified atom stereocenters. The molecule has 0 amide bonds. The molecule has 1 N–H and O–H groups in total. The number of hydrogen-bond acceptors (Lipinski definition) is 3. The van der Waals surface area contributed by atoms with Crippen molar-refractivity contribution >= 4 is 34.5 Å². The monoisotopic (exact) mass is 374 g/mol. The number of aromatic nitrogens is 2. The molecule has 4 nitrogen and oxygen atoms in total. The second-order valence-corrected chi connectivity index (χ2v) is 7.06. The van der Waals surface area contributed by atoms with Gasteiger partial charge in [0.1, 0.15) is 5.65 Å². The zero-order chi connectivity index (χ0) is 17.4. The number of anilines is 1. The van der Waals surface area contributed by atoms with Crippen molar-refractivity contribution in [1.29, 1.82) is 0 Å². The van der Waals surface area contributed by atoms with E-state index in [1.807, 2.05) is 18.2 Å². The highest BCUT2D eigenvalue weighted by Gasteiger charge is 2.16. The van der Waals surface area contributed by atoms with Gasteiger partial charge in [0.25, 0.3) is 0 Å². The summed E-state index contributed by atoms with van der Waals surface area (Å²) in [6, 6.07) is 9.95. The van der Waals surface area contributed by atoms with Crippen molar-refractivity contribution in [2.24, 2.45) is 0 Å². The normalized spacial score (nSPS) is 15.1. The van der Waals surface area contributed by atoms with Crippen molar-refractivity contribution in [3.8, 4) is 11.3 Å². The van der Waals surface area contributed by atoms with E-state index >= 15 is 0 Å². The summed E-state index contributed by atoms with van der Waals surface area (Å²) in [7, 11) is 0. The number of fused-ring (bicyclic) bond motifs is 1. The number of nitrogens with zero attached hydrogens (tertiary/aromatic N) is 3. The Morgan fingerprint density at radius 1 is 1.08 bits per heavy atom. The van der Waals surface area contributed by atoms with Gasteiger partial charge in [-0.3, -0.25) is 0 Å². The summed E-state index contributed by atoms with van der Waals surface area (Å²) in [6.07, 6.45) is 3.09. The molecule has 4 rings (SSSR count). The number of piperazine rings is 1. The molecule has 3 aromatic rings. The number of rotatable bonds is 3. The summed E-state index contributed by atoms with van der Waals surface area (Å²) in [5, 5.41) is 4.51. The van der Waals surface area contributed by atoms with Crippen LogP contribution in [0.1, 0.15) is 12.6 Å². The van der Waals surface area contributed by atoms with Gasteiger partial charge < -0.3 is 14.6 Å². The molecule has 0 bridgehead atoms. The number of pyridine rings is 1. The van der Waals surface area contributed by atoms with Crippen molar-refractivity contribution in [1.82, 2.24) is 14.7 Å². The van der Waals surface area contributed by atoms with Crippen molar-refractivity contribution in [2.75, 3.05) is 31.1 Å². The average Bonchev–Trinajstić information content (AvgIpc) is 3.02. The van der Waals surface area contributed by atoms with Crippen LogP contribution < -0.4 is 10.2 Å². The third-order valence-corrected chi connectivity index (χ3v) is 5.45. The molecule has 1 fully saturated rings. The third kappa shape index (κ3) is 3.10. The van der Waals surface area contributed by atoms with E-state index in [0.717, 1.165) is 49.5 Å². The number of hydrogen-bond donors (Lipinski definition) is 1. The van der Waals surface area contributed by atoms with E-state index in [-0.39, 0.29) is 0 Å². The van der Waals surface area contributed by atoms with E-state index in [4.69, 9.17) is 28.2 Å². The highest BCUT2D eigenvalue weighted by Crippen LogP contribution is 2.31. The topological polar surface area (TPSA) is 32.6 Å². The molecular formula is C19H20Cl2N4. The zero-order valence-electron chi connectivity index (χ0n) is 14.1. The minimum Gasteiger partial charge on any atom is -0.368 e. The van der Waals surface area contributed by atoms with Gasteiger partial charge in [-0.2, -0.15) is 0 Å². The predicted molar refractivity (Wildman–Crippen MR) is 105 cm³/mol. The van der Waals surface area contributed by atoms with E-state index in [1.165, 1.54) is 11.4 Å². The Bertz CT molecular complexity index is 913. The number of imidazole rings is 1. The Balaban J connectivity index is 1.81. The maximum absolute atomic E-state index is 6.21. The average molecular weight is 375 g/mol. The molecule has 0 aliphatic carbocycles.